The fourth-order valence-corrected chi connectivity index (χ4v) is 9.02. The summed E-state index contributed by atoms with van der Waals surface area (Å²) in [4.78, 5) is 25.2. The van der Waals surface area contributed by atoms with Crippen molar-refractivity contribution in [1.29, 1.82) is 0 Å². The van der Waals surface area contributed by atoms with Gasteiger partial charge in [-0.2, -0.15) is 21.4 Å². The van der Waals surface area contributed by atoms with Gasteiger partial charge in [0.05, 0.1) is 5.41 Å². The van der Waals surface area contributed by atoms with Crippen LogP contribution in [0.15, 0.2) is 107 Å². The van der Waals surface area contributed by atoms with Crippen molar-refractivity contribution in [3.63, 3.8) is 0 Å². The SMILES string of the molecule is CC1(C)C(/C=C/C=C/C=C2/N(CC(=O)O)c3ccc4c(S(=O)(=O)O)cccc4c3C2(C)C)=[N+](CC(=O)O)c2ccc3c(S(=O)(=O)O)cccc3c21. The predicted octanol–water partition coefficient (Wildman–Crippen LogP) is 5.83. The Morgan fingerprint density at radius 1 is 0.706 bits per heavy atom. The molecule has 0 saturated carbocycles. The minimum Gasteiger partial charge on any atom is -0.480 e. The Labute approximate surface area is 294 Å². The fourth-order valence-electron chi connectivity index (χ4n) is 7.60. The maximum Gasteiger partial charge on any atom is 0.370 e. The van der Waals surface area contributed by atoms with Gasteiger partial charge in [0, 0.05) is 45.3 Å². The van der Waals surface area contributed by atoms with E-state index in [1.165, 1.54) is 24.3 Å². The first-order valence-corrected chi connectivity index (χ1v) is 18.6. The van der Waals surface area contributed by atoms with Gasteiger partial charge in [-0.1, -0.05) is 62.4 Å². The Bertz CT molecular complexity index is 2540. The van der Waals surface area contributed by atoms with Gasteiger partial charge < -0.3 is 15.1 Å². The van der Waals surface area contributed by atoms with Gasteiger partial charge in [-0.25, -0.2) is 4.79 Å². The molecule has 0 amide bonds. The molecule has 0 bridgehead atoms. The van der Waals surface area contributed by atoms with Crippen LogP contribution in [-0.2, 0) is 40.7 Å². The van der Waals surface area contributed by atoms with E-state index in [1.54, 1.807) is 76.3 Å². The molecule has 4 aromatic rings. The van der Waals surface area contributed by atoms with Crippen LogP contribution in [0.25, 0.3) is 21.5 Å². The molecule has 0 aromatic heterocycles. The largest absolute Gasteiger partial charge is 0.480 e. The third-order valence-electron chi connectivity index (χ3n) is 9.57. The number of hydrogen-bond acceptors (Lipinski definition) is 7. The Morgan fingerprint density at radius 2 is 1.27 bits per heavy atom. The lowest BCUT2D eigenvalue weighted by Gasteiger charge is -2.26. The molecular formula is C37H35N2O10S2+. The van der Waals surface area contributed by atoms with Gasteiger partial charge in [0.1, 0.15) is 16.3 Å². The van der Waals surface area contributed by atoms with Crippen LogP contribution in [-0.4, -0.2) is 71.5 Å². The smallest absolute Gasteiger partial charge is 0.370 e. The number of rotatable bonds is 9. The second-order valence-electron chi connectivity index (χ2n) is 13.5. The van der Waals surface area contributed by atoms with E-state index < -0.39 is 43.0 Å². The van der Waals surface area contributed by atoms with Crippen LogP contribution in [0.4, 0.5) is 11.4 Å². The van der Waals surface area contributed by atoms with E-state index in [1.807, 2.05) is 27.7 Å². The van der Waals surface area contributed by atoms with E-state index in [9.17, 15) is 45.7 Å². The maximum absolute atomic E-state index is 12.1. The monoisotopic (exact) mass is 731 g/mol. The quantitative estimate of drug-likeness (QED) is 0.0921. The highest BCUT2D eigenvalue weighted by Gasteiger charge is 2.47. The molecule has 14 heteroatoms. The summed E-state index contributed by atoms with van der Waals surface area (Å²) in [5.41, 5.74) is 2.27. The summed E-state index contributed by atoms with van der Waals surface area (Å²) in [5.74, 6) is -2.15. The third-order valence-corrected chi connectivity index (χ3v) is 11.4. The van der Waals surface area contributed by atoms with Crippen LogP contribution in [0.2, 0.25) is 0 Å². The highest BCUT2D eigenvalue weighted by molar-refractivity contribution is 7.86. The summed E-state index contributed by atoms with van der Waals surface area (Å²) in [6.07, 6.45) is 8.71. The van der Waals surface area contributed by atoms with Gasteiger partial charge in [-0.05, 0) is 60.5 Å². The molecule has 12 nitrogen and oxygen atoms in total. The Hall–Kier alpha value is -5.15. The van der Waals surface area contributed by atoms with Gasteiger partial charge in [0.2, 0.25) is 12.2 Å². The number of allylic oxidation sites excluding steroid dienone is 6. The first-order valence-electron chi connectivity index (χ1n) is 15.7. The number of carboxylic acids is 2. The molecule has 2 aliphatic rings. The van der Waals surface area contributed by atoms with Crippen molar-refractivity contribution in [3.8, 4) is 0 Å². The average Bonchev–Trinajstić information content (AvgIpc) is 3.37. The molecule has 0 spiro atoms. The number of anilines is 1. The standard InChI is InChI=1S/C37H34N2O10S2/c1-36(2)30(38(20-32(40)41)26-18-16-22-24(34(26)36)10-8-12-28(22)50(44,45)46)14-6-5-7-15-31-37(3,4)35-25-11-9-13-29(51(47,48)49)23(25)17-19-27(35)39(31)21-33(42)43/h5-19H,20-21H2,1-4H3,(H3-,40,41,42,43,44,45,46,47,48,49)/p+1. The number of benzene rings is 4. The van der Waals surface area contributed by atoms with Crippen molar-refractivity contribution in [2.75, 3.05) is 18.0 Å². The fraction of sp³-hybridized carbons (Fsp3) is 0.216. The molecule has 2 heterocycles. The van der Waals surface area contributed by atoms with E-state index in [2.05, 4.69) is 0 Å². The van der Waals surface area contributed by atoms with Crippen molar-refractivity contribution < 1.29 is 50.3 Å². The van der Waals surface area contributed by atoms with Crippen LogP contribution in [0.3, 0.4) is 0 Å². The van der Waals surface area contributed by atoms with Gasteiger partial charge >= 0.3 is 11.9 Å². The molecule has 0 saturated heterocycles. The Balaban J connectivity index is 1.41. The lowest BCUT2D eigenvalue weighted by molar-refractivity contribution is -0.427. The molecule has 4 N–H and O–H groups in total. The molecule has 2 aliphatic heterocycles. The minimum absolute atomic E-state index is 0.246. The average molecular weight is 732 g/mol. The summed E-state index contributed by atoms with van der Waals surface area (Å²) >= 11 is 0. The molecule has 0 unspecified atom stereocenters. The van der Waals surface area contributed by atoms with Crippen LogP contribution in [0, 0.1) is 0 Å². The zero-order valence-corrected chi connectivity index (χ0v) is 29.7. The van der Waals surface area contributed by atoms with Gasteiger partial charge in [0.15, 0.2) is 5.71 Å². The van der Waals surface area contributed by atoms with E-state index in [4.69, 9.17) is 0 Å². The number of aliphatic carboxylic acids is 2. The molecule has 264 valence electrons. The number of fused-ring (bicyclic) bond motifs is 6. The lowest BCUT2D eigenvalue weighted by Crippen LogP contribution is -2.30. The van der Waals surface area contributed by atoms with Gasteiger partial charge in [-0.15, -0.1) is 0 Å². The highest BCUT2D eigenvalue weighted by Crippen LogP contribution is 2.51. The molecule has 0 atom stereocenters. The summed E-state index contributed by atoms with van der Waals surface area (Å²) in [7, 11) is -9.05. The number of nitrogens with zero attached hydrogens (tertiary/aromatic N) is 2. The van der Waals surface area contributed by atoms with E-state index in [-0.39, 0.29) is 22.9 Å². The summed E-state index contributed by atoms with van der Waals surface area (Å²) in [6, 6.07) is 15.6. The molecule has 0 fully saturated rings. The van der Waals surface area contributed by atoms with Crippen LogP contribution in [0.1, 0.15) is 38.8 Å². The second kappa shape index (κ2) is 12.3. The number of carbonyl (C=O) groups is 2. The topological polar surface area (TPSA) is 190 Å². The predicted molar refractivity (Wildman–Crippen MR) is 192 cm³/mol. The van der Waals surface area contributed by atoms with E-state index >= 15 is 0 Å². The van der Waals surface area contributed by atoms with Crippen molar-refractivity contribution in [2.45, 2.75) is 48.3 Å². The van der Waals surface area contributed by atoms with Crippen molar-refractivity contribution >= 4 is 70.8 Å². The molecule has 0 radical (unpaired) electrons. The zero-order valence-electron chi connectivity index (χ0n) is 28.0. The maximum atomic E-state index is 12.1. The summed E-state index contributed by atoms with van der Waals surface area (Å²) in [5, 5.41) is 21.4. The number of hydrogen-bond donors (Lipinski definition) is 4. The lowest BCUT2D eigenvalue weighted by atomic mass is 9.79. The van der Waals surface area contributed by atoms with Crippen LogP contribution in [0.5, 0.6) is 0 Å². The zero-order chi connectivity index (χ0) is 37.3. The first kappa shape index (κ1) is 35.7. The van der Waals surface area contributed by atoms with Crippen molar-refractivity contribution in [3.05, 3.63) is 108 Å². The second-order valence-corrected chi connectivity index (χ2v) is 16.2. The van der Waals surface area contributed by atoms with E-state index in [0.717, 1.165) is 0 Å². The van der Waals surface area contributed by atoms with Crippen molar-refractivity contribution in [2.24, 2.45) is 0 Å². The summed E-state index contributed by atoms with van der Waals surface area (Å²) < 4.78 is 69.9. The van der Waals surface area contributed by atoms with Crippen LogP contribution >= 0.6 is 0 Å². The molecular weight excluding hydrogens is 697 g/mol. The van der Waals surface area contributed by atoms with Gasteiger partial charge in [0.25, 0.3) is 20.2 Å². The molecule has 6 rings (SSSR count). The highest BCUT2D eigenvalue weighted by atomic mass is 32.2. The first-order chi connectivity index (χ1) is 23.8. The normalized spacial score (nSPS) is 17.7. The molecule has 51 heavy (non-hydrogen) atoms. The Morgan fingerprint density at radius 3 is 1.82 bits per heavy atom. The Kier molecular flexibility index (Phi) is 8.58. The number of carboxylic acid groups (broad SMARTS) is 2. The third kappa shape index (κ3) is 6.03. The van der Waals surface area contributed by atoms with E-state index in [0.29, 0.717) is 55.5 Å². The van der Waals surface area contributed by atoms with Crippen molar-refractivity contribution in [1.82, 2.24) is 0 Å². The van der Waals surface area contributed by atoms with Crippen LogP contribution < -0.4 is 4.90 Å². The summed E-state index contributed by atoms with van der Waals surface area (Å²) in [6.45, 7) is 6.88. The molecule has 0 aliphatic carbocycles. The van der Waals surface area contributed by atoms with Gasteiger partial charge in [-0.3, -0.25) is 13.9 Å². The molecule has 4 aromatic carbocycles. The minimum atomic E-state index is -4.53.